The van der Waals surface area contributed by atoms with Gasteiger partial charge in [0.05, 0.1) is 18.1 Å². The Kier molecular flexibility index (Phi) is 4.45. The molecule has 1 aromatic heterocycles. The number of hydrogen-bond donors (Lipinski definition) is 0. The second kappa shape index (κ2) is 7.13. The van der Waals surface area contributed by atoms with Crippen molar-refractivity contribution in [1.29, 1.82) is 0 Å². The molecule has 2 saturated heterocycles. The zero-order chi connectivity index (χ0) is 20.0. The number of ketones is 1. The van der Waals surface area contributed by atoms with E-state index in [0.29, 0.717) is 41.8 Å². The van der Waals surface area contributed by atoms with Crippen molar-refractivity contribution >= 4 is 23.3 Å². The van der Waals surface area contributed by atoms with Gasteiger partial charge in [-0.15, -0.1) is 0 Å². The number of rotatable bonds is 6. The van der Waals surface area contributed by atoms with Crippen molar-refractivity contribution in [3.8, 4) is 5.75 Å². The molecule has 1 aliphatic carbocycles. The molecule has 0 N–H and O–H groups in total. The van der Waals surface area contributed by atoms with E-state index in [2.05, 4.69) is 21.8 Å². The number of ether oxygens (including phenoxy) is 1. The highest BCUT2D eigenvalue weighted by Gasteiger charge is 2.35. The lowest BCUT2D eigenvalue weighted by Gasteiger charge is -2.37. The van der Waals surface area contributed by atoms with Crippen LogP contribution in [0.2, 0.25) is 0 Å². The Labute approximate surface area is 169 Å². The van der Waals surface area contributed by atoms with Crippen molar-refractivity contribution in [1.82, 2.24) is 9.97 Å². The van der Waals surface area contributed by atoms with E-state index < -0.39 is 6.10 Å². The van der Waals surface area contributed by atoms with Crippen LogP contribution in [0.4, 0.5) is 11.6 Å². The molecule has 3 aliphatic rings. The van der Waals surface area contributed by atoms with E-state index >= 15 is 0 Å². The highest BCUT2D eigenvalue weighted by molar-refractivity contribution is 6.00. The minimum absolute atomic E-state index is 0.0861. The molecule has 1 unspecified atom stereocenters. The van der Waals surface area contributed by atoms with Crippen LogP contribution in [0.15, 0.2) is 36.7 Å². The lowest BCUT2D eigenvalue weighted by molar-refractivity contribution is -0.122. The number of Topliss-reactive ketones (excluding diaryl/α,β-unsaturated/α-hetero) is 1. The molecule has 1 atom stereocenters. The van der Waals surface area contributed by atoms with Crippen molar-refractivity contribution < 1.29 is 14.3 Å². The summed E-state index contributed by atoms with van der Waals surface area (Å²) in [7, 11) is 0. The van der Waals surface area contributed by atoms with Gasteiger partial charge >= 0.3 is 0 Å². The summed E-state index contributed by atoms with van der Waals surface area (Å²) in [5, 5.41) is 0. The maximum Gasteiger partial charge on any atom is 0.268 e. The fraction of sp³-hybridized carbons (Fsp3) is 0.455. The lowest BCUT2D eigenvalue weighted by atomic mass is 10.0. The minimum atomic E-state index is -0.532. The third-order valence-corrected chi connectivity index (χ3v) is 5.80. The first-order valence-electron chi connectivity index (χ1n) is 10.3. The summed E-state index contributed by atoms with van der Waals surface area (Å²) in [6.07, 6.45) is 5.48. The Balaban J connectivity index is 1.21. The molecule has 0 bridgehead atoms. The Morgan fingerprint density at radius 1 is 1.07 bits per heavy atom. The van der Waals surface area contributed by atoms with Crippen molar-refractivity contribution in [2.24, 2.45) is 11.8 Å². The van der Waals surface area contributed by atoms with Crippen LogP contribution in [0.25, 0.3) is 0 Å². The van der Waals surface area contributed by atoms with Crippen molar-refractivity contribution in [3.05, 3.63) is 42.2 Å². The van der Waals surface area contributed by atoms with E-state index in [4.69, 9.17) is 4.74 Å². The van der Waals surface area contributed by atoms with Gasteiger partial charge in [0.15, 0.2) is 11.9 Å². The van der Waals surface area contributed by atoms with Gasteiger partial charge in [0.25, 0.3) is 5.91 Å². The molecule has 1 amide bonds. The molecule has 2 aromatic rings. The number of nitrogens with zero attached hydrogens (tertiary/aromatic N) is 4. The third-order valence-electron chi connectivity index (χ3n) is 5.80. The van der Waals surface area contributed by atoms with E-state index in [1.807, 2.05) is 0 Å². The molecule has 2 aliphatic heterocycles. The zero-order valence-corrected chi connectivity index (χ0v) is 16.5. The van der Waals surface area contributed by atoms with Gasteiger partial charge in [-0.25, -0.2) is 9.97 Å². The number of hydrogen-bond acceptors (Lipinski definition) is 6. The first-order valence-corrected chi connectivity index (χ1v) is 10.3. The predicted octanol–water partition coefficient (Wildman–Crippen LogP) is 2.71. The van der Waals surface area contributed by atoms with E-state index in [1.165, 1.54) is 0 Å². The molecule has 29 heavy (non-hydrogen) atoms. The van der Waals surface area contributed by atoms with Crippen LogP contribution in [-0.4, -0.2) is 47.4 Å². The lowest BCUT2D eigenvalue weighted by Crippen LogP contribution is -2.46. The van der Waals surface area contributed by atoms with Crippen LogP contribution in [0.1, 0.15) is 36.5 Å². The average molecular weight is 392 g/mol. The normalized spacial score (nSPS) is 22.0. The topological polar surface area (TPSA) is 75.6 Å². The highest BCUT2D eigenvalue weighted by Crippen LogP contribution is 2.33. The van der Waals surface area contributed by atoms with Gasteiger partial charge < -0.3 is 14.5 Å². The highest BCUT2D eigenvalue weighted by atomic mass is 16.5. The molecule has 1 aromatic carbocycles. The summed E-state index contributed by atoms with van der Waals surface area (Å²) < 4.78 is 5.90. The molecule has 3 heterocycles. The van der Waals surface area contributed by atoms with Crippen molar-refractivity contribution in [2.75, 3.05) is 29.4 Å². The third kappa shape index (κ3) is 3.57. The summed E-state index contributed by atoms with van der Waals surface area (Å²) in [6, 6.07) is 7.13. The summed E-state index contributed by atoms with van der Waals surface area (Å²) in [6.45, 7) is 4.73. The Morgan fingerprint density at radius 3 is 2.38 bits per heavy atom. The quantitative estimate of drug-likeness (QED) is 0.704. The maximum absolute atomic E-state index is 12.8. The summed E-state index contributed by atoms with van der Waals surface area (Å²) in [4.78, 5) is 37.5. The van der Waals surface area contributed by atoms with Crippen molar-refractivity contribution in [2.45, 2.75) is 32.3 Å². The molecule has 3 fully saturated rings. The second-order valence-corrected chi connectivity index (χ2v) is 8.30. The van der Waals surface area contributed by atoms with E-state index in [-0.39, 0.29) is 17.6 Å². The number of anilines is 2. The average Bonchev–Trinajstić information content (AvgIpc) is 3.51. The monoisotopic (exact) mass is 392 g/mol. The number of amides is 1. The van der Waals surface area contributed by atoms with Crippen LogP contribution in [0, 0.1) is 11.8 Å². The standard InChI is InChI=1S/C22H24N4O3/c1-14-12-25(13-14)22-23-10-17(11-24-22)26-9-8-19(21(26)28)29-18-6-4-16(5-7-18)20(27)15-2-3-15/h4-7,10-11,14-15,19H,2-3,8-9,12-13H2,1H3. The van der Waals surface area contributed by atoms with Gasteiger partial charge in [-0.2, -0.15) is 0 Å². The van der Waals surface area contributed by atoms with Crippen LogP contribution in [-0.2, 0) is 4.79 Å². The molecule has 1 saturated carbocycles. The van der Waals surface area contributed by atoms with Crippen LogP contribution in [0.5, 0.6) is 5.75 Å². The molecule has 0 spiro atoms. The number of benzene rings is 1. The molecule has 150 valence electrons. The Bertz CT molecular complexity index is 918. The largest absolute Gasteiger partial charge is 0.481 e. The summed E-state index contributed by atoms with van der Waals surface area (Å²) >= 11 is 0. The number of aromatic nitrogens is 2. The molecule has 0 radical (unpaired) electrons. The molecular formula is C22H24N4O3. The van der Waals surface area contributed by atoms with E-state index in [9.17, 15) is 9.59 Å². The second-order valence-electron chi connectivity index (χ2n) is 8.30. The number of carbonyl (C=O) groups excluding carboxylic acids is 2. The van der Waals surface area contributed by atoms with Crippen LogP contribution < -0.4 is 14.5 Å². The molecular weight excluding hydrogens is 368 g/mol. The van der Waals surface area contributed by atoms with Gasteiger partial charge in [-0.3, -0.25) is 9.59 Å². The zero-order valence-electron chi connectivity index (χ0n) is 16.5. The number of carbonyl (C=O) groups is 2. The van der Waals surface area contributed by atoms with Gasteiger partial charge in [-0.05, 0) is 43.0 Å². The van der Waals surface area contributed by atoms with Gasteiger partial charge in [0.2, 0.25) is 5.95 Å². The smallest absolute Gasteiger partial charge is 0.268 e. The fourth-order valence-corrected chi connectivity index (χ4v) is 3.94. The van der Waals surface area contributed by atoms with E-state index in [1.54, 1.807) is 41.6 Å². The van der Waals surface area contributed by atoms with Gasteiger partial charge in [-0.1, -0.05) is 6.92 Å². The fourth-order valence-electron chi connectivity index (χ4n) is 3.94. The summed E-state index contributed by atoms with van der Waals surface area (Å²) in [5.41, 5.74) is 1.41. The Hall–Kier alpha value is -2.96. The van der Waals surface area contributed by atoms with Gasteiger partial charge in [0.1, 0.15) is 5.75 Å². The van der Waals surface area contributed by atoms with Crippen molar-refractivity contribution in [3.63, 3.8) is 0 Å². The van der Waals surface area contributed by atoms with Crippen LogP contribution in [0.3, 0.4) is 0 Å². The van der Waals surface area contributed by atoms with Gasteiger partial charge in [0, 0.05) is 37.5 Å². The first-order chi connectivity index (χ1) is 14.1. The SMILES string of the molecule is CC1CN(c2ncc(N3CCC(Oc4ccc(C(=O)C5CC5)cc4)C3=O)cn2)C1. The molecule has 7 nitrogen and oxygen atoms in total. The minimum Gasteiger partial charge on any atom is -0.481 e. The molecule has 7 heteroatoms. The maximum atomic E-state index is 12.8. The predicted molar refractivity (Wildman–Crippen MR) is 108 cm³/mol. The molecule has 5 rings (SSSR count). The summed E-state index contributed by atoms with van der Waals surface area (Å²) in [5.74, 6) is 2.32. The van der Waals surface area contributed by atoms with E-state index in [0.717, 1.165) is 25.9 Å². The Morgan fingerprint density at radius 2 is 1.76 bits per heavy atom. The van der Waals surface area contributed by atoms with Crippen LogP contribution >= 0.6 is 0 Å². The first kappa shape index (κ1) is 18.1.